The molecule has 0 aromatic carbocycles. The molecule has 110 valence electrons. The second-order valence-corrected chi connectivity index (χ2v) is 5.09. The van der Waals surface area contributed by atoms with E-state index in [-0.39, 0.29) is 18.7 Å². The summed E-state index contributed by atoms with van der Waals surface area (Å²) in [6.45, 7) is 5.68. The molecular formula is C14H21N3O3. The van der Waals surface area contributed by atoms with Gasteiger partial charge in [0.15, 0.2) is 0 Å². The molecule has 0 radical (unpaired) electrons. The van der Waals surface area contributed by atoms with Crippen LogP contribution in [0.2, 0.25) is 0 Å². The first-order chi connectivity index (χ1) is 9.65. The Morgan fingerprint density at radius 1 is 1.55 bits per heavy atom. The fraction of sp³-hybridized carbons (Fsp3) is 0.643. The Kier molecular flexibility index (Phi) is 5.03. The van der Waals surface area contributed by atoms with Crippen molar-refractivity contribution < 1.29 is 14.6 Å². The molecule has 0 bridgehead atoms. The van der Waals surface area contributed by atoms with Gasteiger partial charge >= 0.3 is 5.97 Å². The Bertz CT molecular complexity index is 441. The number of aliphatic carboxylic acids is 1. The van der Waals surface area contributed by atoms with Crippen LogP contribution in [0, 0.1) is 5.92 Å². The lowest BCUT2D eigenvalue weighted by Gasteiger charge is -2.34. The summed E-state index contributed by atoms with van der Waals surface area (Å²) in [6.07, 6.45) is 5.99. The lowest BCUT2D eigenvalue weighted by molar-refractivity contribution is -0.143. The van der Waals surface area contributed by atoms with Crippen molar-refractivity contribution in [3.63, 3.8) is 0 Å². The van der Waals surface area contributed by atoms with Gasteiger partial charge in [0.1, 0.15) is 0 Å². The predicted molar refractivity (Wildman–Crippen MR) is 73.2 cm³/mol. The number of nitrogens with zero attached hydrogens (tertiary/aromatic N) is 3. The fourth-order valence-electron chi connectivity index (χ4n) is 2.71. The highest BCUT2D eigenvalue weighted by Crippen LogP contribution is 2.28. The number of rotatable bonds is 6. The molecule has 20 heavy (non-hydrogen) atoms. The van der Waals surface area contributed by atoms with Gasteiger partial charge in [0.05, 0.1) is 30.9 Å². The van der Waals surface area contributed by atoms with Crippen molar-refractivity contribution >= 4 is 5.97 Å². The van der Waals surface area contributed by atoms with E-state index in [2.05, 4.69) is 21.8 Å². The highest BCUT2D eigenvalue weighted by atomic mass is 16.5. The molecule has 1 aromatic rings. The second kappa shape index (κ2) is 6.76. The Hall–Kier alpha value is -1.53. The highest BCUT2D eigenvalue weighted by Gasteiger charge is 2.39. The summed E-state index contributed by atoms with van der Waals surface area (Å²) in [6, 6.07) is -0.0818. The molecule has 3 unspecified atom stereocenters. The third-order valence-corrected chi connectivity index (χ3v) is 3.78. The lowest BCUT2D eigenvalue weighted by Crippen LogP contribution is -2.45. The SMILES string of the molecule is CCCN(C(C)c1cnccn1)C1COCC1C(=O)O. The number of hydrogen-bond donors (Lipinski definition) is 1. The minimum Gasteiger partial charge on any atom is -0.481 e. The number of aromatic nitrogens is 2. The topological polar surface area (TPSA) is 75.5 Å². The number of carboxylic acid groups (broad SMARTS) is 1. The summed E-state index contributed by atoms with van der Waals surface area (Å²) in [5.41, 5.74) is 0.858. The molecule has 1 fully saturated rings. The molecule has 3 atom stereocenters. The zero-order valence-corrected chi connectivity index (χ0v) is 11.9. The van der Waals surface area contributed by atoms with Gasteiger partial charge in [-0.2, -0.15) is 0 Å². The average molecular weight is 279 g/mol. The molecule has 1 aliphatic rings. The van der Waals surface area contributed by atoms with Gasteiger partial charge in [0.2, 0.25) is 0 Å². The van der Waals surface area contributed by atoms with Gasteiger partial charge in [-0.1, -0.05) is 6.92 Å². The Morgan fingerprint density at radius 2 is 2.35 bits per heavy atom. The molecule has 2 heterocycles. The van der Waals surface area contributed by atoms with E-state index in [0.717, 1.165) is 18.7 Å². The Labute approximate surface area is 118 Å². The van der Waals surface area contributed by atoms with Crippen molar-refractivity contribution in [1.29, 1.82) is 0 Å². The molecule has 1 aromatic heterocycles. The van der Waals surface area contributed by atoms with E-state index in [9.17, 15) is 9.90 Å². The highest BCUT2D eigenvalue weighted by molar-refractivity contribution is 5.71. The van der Waals surface area contributed by atoms with Gasteiger partial charge in [-0.05, 0) is 19.9 Å². The third kappa shape index (κ3) is 3.13. The molecular weight excluding hydrogens is 258 g/mol. The van der Waals surface area contributed by atoms with Crippen LogP contribution in [0.3, 0.4) is 0 Å². The van der Waals surface area contributed by atoms with E-state index in [1.807, 2.05) is 6.92 Å². The van der Waals surface area contributed by atoms with Crippen molar-refractivity contribution in [2.45, 2.75) is 32.4 Å². The van der Waals surface area contributed by atoms with Gasteiger partial charge in [-0.3, -0.25) is 19.7 Å². The summed E-state index contributed by atoms with van der Waals surface area (Å²) in [5.74, 6) is -1.26. The van der Waals surface area contributed by atoms with E-state index in [1.54, 1.807) is 18.6 Å². The smallest absolute Gasteiger partial charge is 0.310 e. The maximum atomic E-state index is 11.3. The van der Waals surface area contributed by atoms with Crippen molar-refractivity contribution in [2.24, 2.45) is 5.92 Å². The molecule has 0 amide bonds. The van der Waals surface area contributed by atoms with Crippen molar-refractivity contribution in [3.05, 3.63) is 24.3 Å². The zero-order chi connectivity index (χ0) is 14.5. The van der Waals surface area contributed by atoms with Gasteiger partial charge < -0.3 is 9.84 Å². The largest absolute Gasteiger partial charge is 0.481 e. The van der Waals surface area contributed by atoms with E-state index in [4.69, 9.17) is 4.74 Å². The number of carboxylic acids is 1. The minimum absolute atomic E-state index is 0.0252. The molecule has 1 N–H and O–H groups in total. The van der Waals surface area contributed by atoms with E-state index < -0.39 is 11.9 Å². The zero-order valence-electron chi connectivity index (χ0n) is 11.9. The van der Waals surface area contributed by atoms with Crippen LogP contribution < -0.4 is 0 Å². The fourth-order valence-corrected chi connectivity index (χ4v) is 2.71. The summed E-state index contributed by atoms with van der Waals surface area (Å²) in [5, 5.41) is 9.32. The van der Waals surface area contributed by atoms with Crippen LogP contribution in [0.1, 0.15) is 32.0 Å². The molecule has 0 spiro atoms. The predicted octanol–water partition coefficient (Wildman–Crippen LogP) is 1.35. The van der Waals surface area contributed by atoms with Gasteiger partial charge in [0.25, 0.3) is 0 Å². The van der Waals surface area contributed by atoms with Gasteiger partial charge in [-0.15, -0.1) is 0 Å². The van der Waals surface area contributed by atoms with Crippen LogP contribution >= 0.6 is 0 Å². The first kappa shape index (κ1) is 14.9. The van der Waals surface area contributed by atoms with E-state index >= 15 is 0 Å². The molecule has 1 aliphatic heterocycles. The van der Waals surface area contributed by atoms with E-state index in [0.29, 0.717) is 6.61 Å². The van der Waals surface area contributed by atoms with Crippen LogP contribution in [0.15, 0.2) is 18.6 Å². The molecule has 6 nitrogen and oxygen atoms in total. The minimum atomic E-state index is -0.792. The standard InChI is InChI=1S/C14H21N3O3/c1-3-6-17(10(2)12-7-15-4-5-16-12)13-9-20-8-11(13)14(18)19/h4-5,7,10-11,13H,3,6,8-9H2,1-2H3,(H,18,19). The quantitative estimate of drug-likeness (QED) is 0.847. The van der Waals surface area contributed by atoms with Crippen LogP contribution in [0.25, 0.3) is 0 Å². The first-order valence-corrected chi connectivity index (χ1v) is 6.97. The number of carbonyl (C=O) groups is 1. The second-order valence-electron chi connectivity index (χ2n) is 5.09. The maximum absolute atomic E-state index is 11.3. The van der Waals surface area contributed by atoms with Gasteiger partial charge in [0, 0.05) is 24.6 Å². The average Bonchev–Trinajstić information content (AvgIpc) is 2.94. The van der Waals surface area contributed by atoms with Crippen molar-refractivity contribution in [3.8, 4) is 0 Å². The number of hydrogen-bond acceptors (Lipinski definition) is 5. The molecule has 0 saturated carbocycles. The lowest BCUT2D eigenvalue weighted by atomic mass is 9.99. The van der Waals surface area contributed by atoms with Crippen LogP contribution in [0.4, 0.5) is 0 Å². The summed E-state index contributed by atoms with van der Waals surface area (Å²) >= 11 is 0. The van der Waals surface area contributed by atoms with Crippen LogP contribution in [0.5, 0.6) is 0 Å². The van der Waals surface area contributed by atoms with Crippen molar-refractivity contribution in [1.82, 2.24) is 14.9 Å². The summed E-state index contributed by atoms with van der Waals surface area (Å²) < 4.78 is 5.39. The van der Waals surface area contributed by atoms with E-state index in [1.165, 1.54) is 0 Å². The third-order valence-electron chi connectivity index (χ3n) is 3.78. The van der Waals surface area contributed by atoms with Crippen LogP contribution in [-0.4, -0.2) is 51.7 Å². The Morgan fingerprint density at radius 3 is 2.95 bits per heavy atom. The first-order valence-electron chi connectivity index (χ1n) is 6.97. The summed E-state index contributed by atoms with van der Waals surface area (Å²) in [4.78, 5) is 21.9. The van der Waals surface area contributed by atoms with Gasteiger partial charge in [-0.25, -0.2) is 0 Å². The molecule has 0 aliphatic carbocycles. The van der Waals surface area contributed by atoms with Crippen LogP contribution in [-0.2, 0) is 9.53 Å². The maximum Gasteiger partial charge on any atom is 0.310 e. The molecule has 1 saturated heterocycles. The molecule has 2 rings (SSSR count). The van der Waals surface area contributed by atoms with Crippen molar-refractivity contribution in [2.75, 3.05) is 19.8 Å². The normalized spacial score (nSPS) is 23.9. The monoisotopic (exact) mass is 279 g/mol. The molecule has 6 heteroatoms. The Balaban J connectivity index is 2.20. The number of ether oxygens (including phenoxy) is 1. The summed E-state index contributed by atoms with van der Waals surface area (Å²) in [7, 11) is 0.